The van der Waals surface area contributed by atoms with Crippen LogP contribution < -0.4 is 10.1 Å². The second-order valence-corrected chi connectivity index (χ2v) is 7.46. The van der Waals surface area contributed by atoms with Crippen LogP contribution in [0, 0.1) is 11.3 Å². The Hall–Kier alpha value is -2.97. The van der Waals surface area contributed by atoms with Gasteiger partial charge < -0.3 is 10.1 Å². The van der Waals surface area contributed by atoms with Gasteiger partial charge in [0, 0.05) is 5.02 Å². The van der Waals surface area contributed by atoms with Gasteiger partial charge in [-0.25, -0.2) is 0 Å². The lowest BCUT2D eigenvalue weighted by molar-refractivity contribution is -0.112. The Bertz CT molecular complexity index is 1150. The summed E-state index contributed by atoms with van der Waals surface area (Å²) in [5, 5.41) is 13.4. The van der Waals surface area contributed by atoms with E-state index in [-0.39, 0.29) is 5.57 Å². The van der Waals surface area contributed by atoms with Crippen molar-refractivity contribution >= 4 is 52.5 Å². The number of hydrogen-bond donors (Lipinski definition) is 1. The number of nitrogens with one attached hydrogen (secondary N) is 1. The summed E-state index contributed by atoms with van der Waals surface area (Å²) in [6.45, 7) is 0.305. The highest BCUT2D eigenvalue weighted by molar-refractivity contribution is 6.34. The van der Waals surface area contributed by atoms with Gasteiger partial charge in [-0.1, -0.05) is 65.1 Å². The highest BCUT2D eigenvalue weighted by Crippen LogP contribution is 2.28. The maximum atomic E-state index is 12.4. The topological polar surface area (TPSA) is 62.1 Å². The Morgan fingerprint density at radius 2 is 1.80 bits per heavy atom. The fourth-order valence-corrected chi connectivity index (χ4v) is 3.22. The number of ether oxygens (including phenoxy) is 1. The SMILES string of the molecule is N#C/C(=C\c1ccc(OCc2cccc(Cl)c2)c(Cl)c1)C(=O)Nc1ccccc1Cl. The molecular weight excluding hydrogens is 443 g/mol. The molecule has 1 N–H and O–H groups in total. The van der Waals surface area contributed by atoms with E-state index < -0.39 is 5.91 Å². The van der Waals surface area contributed by atoms with Gasteiger partial charge in [0.2, 0.25) is 0 Å². The molecule has 30 heavy (non-hydrogen) atoms. The molecule has 0 atom stereocenters. The minimum Gasteiger partial charge on any atom is -0.487 e. The zero-order chi connectivity index (χ0) is 21.5. The van der Waals surface area contributed by atoms with Crippen LogP contribution in [0.3, 0.4) is 0 Å². The van der Waals surface area contributed by atoms with Crippen LogP contribution in [0.25, 0.3) is 6.08 Å². The molecule has 0 aromatic heterocycles. The lowest BCUT2D eigenvalue weighted by Gasteiger charge is -2.09. The highest BCUT2D eigenvalue weighted by Gasteiger charge is 2.12. The molecule has 0 radical (unpaired) electrons. The van der Waals surface area contributed by atoms with Crippen molar-refractivity contribution in [1.82, 2.24) is 0 Å². The first-order valence-corrected chi connectivity index (χ1v) is 9.94. The number of carbonyl (C=O) groups excluding carboxylic acids is 1. The van der Waals surface area contributed by atoms with Crippen LogP contribution in [0.15, 0.2) is 72.3 Å². The zero-order valence-electron chi connectivity index (χ0n) is 15.5. The minimum absolute atomic E-state index is 0.0846. The lowest BCUT2D eigenvalue weighted by Crippen LogP contribution is -2.13. The van der Waals surface area contributed by atoms with E-state index >= 15 is 0 Å². The van der Waals surface area contributed by atoms with Crippen LogP contribution in [-0.4, -0.2) is 5.91 Å². The predicted molar refractivity (Wildman–Crippen MR) is 121 cm³/mol. The first kappa shape index (κ1) is 21.7. The quantitative estimate of drug-likeness (QED) is 0.328. The van der Waals surface area contributed by atoms with Gasteiger partial charge in [-0.15, -0.1) is 0 Å². The number of nitriles is 1. The van der Waals surface area contributed by atoms with Crippen LogP contribution in [0.1, 0.15) is 11.1 Å². The molecule has 0 aliphatic carbocycles. The van der Waals surface area contributed by atoms with Crippen molar-refractivity contribution in [3.05, 3.63) is 98.5 Å². The first-order valence-electron chi connectivity index (χ1n) is 8.81. The molecule has 0 aliphatic heterocycles. The van der Waals surface area contributed by atoms with Gasteiger partial charge in [-0.05, 0) is 53.6 Å². The molecular formula is C23H15Cl3N2O2. The van der Waals surface area contributed by atoms with E-state index in [0.717, 1.165) is 5.56 Å². The largest absolute Gasteiger partial charge is 0.487 e. The fourth-order valence-electron chi connectivity index (χ4n) is 2.58. The summed E-state index contributed by atoms with van der Waals surface area (Å²) in [5.74, 6) is -0.0872. The van der Waals surface area contributed by atoms with Crippen molar-refractivity contribution in [1.29, 1.82) is 5.26 Å². The second-order valence-electron chi connectivity index (χ2n) is 6.21. The predicted octanol–water partition coefficient (Wildman–Crippen LogP) is 6.77. The molecule has 3 aromatic carbocycles. The van der Waals surface area contributed by atoms with Crippen molar-refractivity contribution in [2.24, 2.45) is 0 Å². The van der Waals surface area contributed by atoms with Gasteiger partial charge >= 0.3 is 0 Å². The monoisotopic (exact) mass is 456 g/mol. The van der Waals surface area contributed by atoms with Crippen molar-refractivity contribution in [3.8, 4) is 11.8 Å². The standard InChI is InChI=1S/C23H15Cl3N2O2/c24-18-5-3-4-16(11-18)14-30-22-9-8-15(12-20(22)26)10-17(13-27)23(29)28-21-7-2-1-6-19(21)25/h1-12H,14H2,(H,28,29)/b17-10+. The van der Waals surface area contributed by atoms with E-state index in [1.54, 1.807) is 48.5 Å². The average Bonchev–Trinajstić information content (AvgIpc) is 2.73. The molecule has 3 rings (SSSR count). The smallest absolute Gasteiger partial charge is 0.266 e. The Balaban J connectivity index is 1.72. The molecule has 0 fully saturated rings. The van der Waals surface area contributed by atoms with Crippen LogP contribution >= 0.6 is 34.8 Å². The average molecular weight is 458 g/mol. The summed E-state index contributed by atoms with van der Waals surface area (Å²) in [6.07, 6.45) is 1.44. The lowest BCUT2D eigenvalue weighted by atomic mass is 10.1. The molecule has 4 nitrogen and oxygen atoms in total. The van der Waals surface area contributed by atoms with Gasteiger partial charge in [0.25, 0.3) is 5.91 Å². The molecule has 0 spiro atoms. The highest BCUT2D eigenvalue weighted by atomic mass is 35.5. The summed E-state index contributed by atoms with van der Waals surface area (Å²) in [4.78, 5) is 12.4. The summed E-state index contributed by atoms with van der Waals surface area (Å²) < 4.78 is 5.73. The number of hydrogen-bond acceptors (Lipinski definition) is 3. The number of benzene rings is 3. The van der Waals surface area contributed by atoms with Crippen molar-refractivity contribution in [2.45, 2.75) is 6.61 Å². The zero-order valence-corrected chi connectivity index (χ0v) is 17.8. The summed E-state index contributed by atoms with van der Waals surface area (Å²) in [7, 11) is 0. The van der Waals surface area contributed by atoms with Gasteiger partial charge in [0.1, 0.15) is 24.0 Å². The van der Waals surface area contributed by atoms with Crippen LogP contribution in [0.2, 0.25) is 15.1 Å². The third kappa shape index (κ3) is 5.77. The Labute approximate surface area is 189 Å². The molecule has 7 heteroatoms. The van der Waals surface area contributed by atoms with E-state index in [1.165, 1.54) is 6.08 Å². The summed E-state index contributed by atoms with van der Waals surface area (Å²) in [5.41, 5.74) is 1.83. The van der Waals surface area contributed by atoms with Gasteiger partial charge in [-0.2, -0.15) is 5.26 Å². The maximum absolute atomic E-state index is 12.4. The molecule has 3 aromatic rings. The maximum Gasteiger partial charge on any atom is 0.266 e. The number of carbonyl (C=O) groups is 1. The van der Waals surface area contributed by atoms with Crippen molar-refractivity contribution < 1.29 is 9.53 Å². The number of anilines is 1. The molecule has 0 saturated heterocycles. The van der Waals surface area contributed by atoms with Crippen LogP contribution in [-0.2, 0) is 11.4 Å². The summed E-state index contributed by atoms with van der Waals surface area (Å²) in [6, 6.07) is 21.0. The number of amides is 1. The van der Waals surface area contributed by atoms with Gasteiger partial charge in [0.05, 0.1) is 15.7 Å². The fraction of sp³-hybridized carbons (Fsp3) is 0.0435. The normalized spacial score (nSPS) is 10.9. The Morgan fingerprint density at radius 1 is 1.00 bits per heavy atom. The Kier molecular flexibility index (Phi) is 7.37. The van der Waals surface area contributed by atoms with Crippen LogP contribution in [0.4, 0.5) is 5.69 Å². The van der Waals surface area contributed by atoms with E-state index in [2.05, 4.69) is 5.32 Å². The van der Waals surface area contributed by atoms with Crippen molar-refractivity contribution in [3.63, 3.8) is 0 Å². The molecule has 0 bridgehead atoms. The van der Waals surface area contributed by atoms with E-state index in [1.807, 2.05) is 24.3 Å². The van der Waals surface area contributed by atoms with E-state index in [0.29, 0.717) is 38.7 Å². The number of para-hydroxylation sites is 1. The third-order valence-corrected chi connectivity index (χ3v) is 4.90. The summed E-state index contributed by atoms with van der Waals surface area (Å²) >= 11 is 18.3. The molecule has 150 valence electrons. The van der Waals surface area contributed by atoms with Crippen LogP contribution in [0.5, 0.6) is 5.75 Å². The molecule has 0 heterocycles. The minimum atomic E-state index is -0.567. The molecule has 1 amide bonds. The van der Waals surface area contributed by atoms with E-state index in [9.17, 15) is 10.1 Å². The third-order valence-electron chi connectivity index (χ3n) is 4.04. The number of nitrogens with zero attached hydrogens (tertiary/aromatic N) is 1. The molecule has 0 saturated carbocycles. The van der Waals surface area contributed by atoms with Crippen molar-refractivity contribution in [2.75, 3.05) is 5.32 Å². The van der Waals surface area contributed by atoms with E-state index in [4.69, 9.17) is 39.5 Å². The Morgan fingerprint density at radius 3 is 2.50 bits per heavy atom. The number of rotatable bonds is 6. The van der Waals surface area contributed by atoms with Gasteiger partial charge in [-0.3, -0.25) is 4.79 Å². The second kappa shape index (κ2) is 10.2. The first-order chi connectivity index (χ1) is 14.5. The molecule has 0 aliphatic rings. The molecule has 0 unspecified atom stereocenters. The van der Waals surface area contributed by atoms with Gasteiger partial charge in [0.15, 0.2) is 0 Å². The number of halogens is 3.